The summed E-state index contributed by atoms with van der Waals surface area (Å²) in [7, 11) is 0. The molecule has 3 rings (SSSR count). The summed E-state index contributed by atoms with van der Waals surface area (Å²) in [4.78, 5) is 18.6. The Balaban J connectivity index is 1.87. The number of carbonyl (C=O) groups is 1. The fraction of sp³-hybridized carbons (Fsp3) is 0.381. The molecule has 1 heterocycles. The number of benzene rings is 2. The monoisotopic (exact) mass is 354 g/mol. The van der Waals surface area contributed by atoms with Crippen LogP contribution in [0.15, 0.2) is 59.5 Å². The molecule has 1 atom stereocenters. The second-order valence-electron chi connectivity index (χ2n) is 6.29. The molecule has 0 saturated heterocycles. The summed E-state index contributed by atoms with van der Waals surface area (Å²) in [6, 6.07) is 18.5. The zero-order chi connectivity index (χ0) is 17.6. The first-order valence-electron chi connectivity index (χ1n) is 9.05. The van der Waals surface area contributed by atoms with Gasteiger partial charge in [0, 0.05) is 24.5 Å². The van der Waals surface area contributed by atoms with E-state index in [0.29, 0.717) is 0 Å². The van der Waals surface area contributed by atoms with Crippen molar-refractivity contribution in [3.63, 3.8) is 0 Å². The second kappa shape index (κ2) is 8.54. The Kier molecular flexibility index (Phi) is 6.16. The largest absolute Gasteiger partial charge is 0.336 e. The van der Waals surface area contributed by atoms with Crippen LogP contribution in [0.5, 0.6) is 0 Å². The number of nitrogens with zero attached hydrogens (tertiary/aromatic N) is 2. The van der Waals surface area contributed by atoms with Crippen LogP contribution in [0.4, 0.5) is 0 Å². The first-order chi connectivity index (χ1) is 12.2. The zero-order valence-corrected chi connectivity index (χ0v) is 15.8. The predicted molar refractivity (Wildman–Crippen MR) is 105 cm³/mol. The molecule has 25 heavy (non-hydrogen) atoms. The van der Waals surface area contributed by atoms with Gasteiger partial charge < -0.3 is 9.80 Å². The topological polar surface area (TPSA) is 23.6 Å². The van der Waals surface area contributed by atoms with Gasteiger partial charge in [0.15, 0.2) is 0 Å². The molecule has 0 unspecified atom stereocenters. The summed E-state index contributed by atoms with van der Waals surface area (Å²) < 4.78 is 0. The lowest BCUT2D eigenvalue weighted by Crippen LogP contribution is -2.39. The van der Waals surface area contributed by atoms with Gasteiger partial charge in [0.05, 0.1) is 10.8 Å². The molecule has 0 radical (unpaired) electrons. The maximum absolute atomic E-state index is 13.1. The maximum atomic E-state index is 13.1. The Morgan fingerprint density at radius 3 is 2.44 bits per heavy atom. The van der Waals surface area contributed by atoms with Gasteiger partial charge in [-0.2, -0.15) is 0 Å². The predicted octanol–water partition coefficient (Wildman–Crippen LogP) is 4.32. The van der Waals surface area contributed by atoms with Crippen molar-refractivity contribution in [3.8, 4) is 0 Å². The quantitative estimate of drug-likeness (QED) is 0.772. The van der Waals surface area contributed by atoms with Gasteiger partial charge in [0.25, 0.3) is 5.91 Å². The zero-order valence-electron chi connectivity index (χ0n) is 15.0. The standard InChI is InChI=1S/C21H26N2OS/c1-3-22(4-2)14-15-23-16-20(17-10-6-5-7-11-17)25-19-13-9-8-12-18(19)21(23)24/h5-13,20H,3-4,14-16H2,1-2H3/t20-/m1/s1. The Hall–Kier alpha value is -1.78. The third-order valence-electron chi connectivity index (χ3n) is 4.81. The number of carbonyl (C=O) groups excluding carboxylic acids is 1. The lowest BCUT2D eigenvalue weighted by atomic mass is 10.1. The van der Waals surface area contributed by atoms with Crippen molar-refractivity contribution in [1.29, 1.82) is 0 Å². The number of amides is 1. The van der Waals surface area contributed by atoms with Crippen LogP contribution in [0.2, 0.25) is 0 Å². The molecule has 0 aromatic heterocycles. The Morgan fingerprint density at radius 1 is 1.04 bits per heavy atom. The summed E-state index contributed by atoms with van der Waals surface area (Å²) in [5, 5.41) is 0.269. The van der Waals surface area contributed by atoms with Crippen LogP contribution in [0.1, 0.15) is 35.0 Å². The Bertz CT molecular complexity index is 700. The molecule has 2 aromatic rings. The lowest BCUT2D eigenvalue weighted by molar-refractivity contribution is 0.0737. The highest BCUT2D eigenvalue weighted by molar-refractivity contribution is 7.99. The fourth-order valence-electron chi connectivity index (χ4n) is 3.23. The summed E-state index contributed by atoms with van der Waals surface area (Å²) in [6.07, 6.45) is 0. The first kappa shape index (κ1) is 18.0. The van der Waals surface area contributed by atoms with Crippen LogP contribution < -0.4 is 0 Å². The van der Waals surface area contributed by atoms with Gasteiger partial charge >= 0.3 is 0 Å². The van der Waals surface area contributed by atoms with Crippen LogP contribution in [0.3, 0.4) is 0 Å². The normalized spacial score (nSPS) is 17.5. The minimum atomic E-state index is 0.161. The van der Waals surface area contributed by atoms with E-state index in [9.17, 15) is 4.79 Å². The number of thioether (sulfide) groups is 1. The summed E-state index contributed by atoms with van der Waals surface area (Å²) >= 11 is 1.81. The minimum absolute atomic E-state index is 0.161. The van der Waals surface area contributed by atoms with Gasteiger partial charge in [-0.15, -0.1) is 11.8 Å². The van der Waals surface area contributed by atoms with E-state index in [2.05, 4.69) is 49.1 Å². The molecular formula is C21H26N2OS. The molecule has 3 nitrogen and oxygen atoms in total. The van der Waals surface area contributed by atoms with Gasteiger partial charge in [0.1, 0.15) is 0 Å². The van der Waals surface area contributed by atoms with Crippen LogP contribution in [0, 0.1) is 0 Å². The number of hydrogen-bond acceptors (Lipinski definition) is 3. The highest BCUT2D eigenvalue weighted by Gasteiger charge is 2.28. The van der Waals surface area contributed by atoms with Crippen LogP contribution >= 0.6 is 11.8 Å². The molecule has 4 heteroatoms. The molecule has 0 saturated carbocycles. The molecule has 0 aliphatic carbocycles. The van der Waals surface area contributed by atoms with Crippen molar-refractivity contribution in [2.75, 3.05) is 32.7 Å². The molecule has 1 amide bonds. The highest BCUT2D eigenvalue weighted by atomic mass is 32.2. The second-order valence-corrected chi connectivity index (χ2v) is 7.54. The fourth-order valence-corrected chi connectivity index (χ4v) is 4.52. The van der Waals surface area contributed by atoms with Gasteiger partial charge in [-0.25, -0.2) is 0 Å². The van der Waals surface area contributed by atoms with E-state index in [1.165, 1.54) is 5.56 Å². The third kappa shape index (κ3) is 4.25. The van der Waals surface area contributed by atoms with Gasteiger partial charge in [-0.1, -0.05) is 56.3 Å². The summed E-state index contributed by atoms with van der Waals surface area (Å²) in [5.74, 6) is 0.161. The smallest absolute Gasteiger partial charge is 0.255 e. The van der Waals surface area contributed by atoms with Gasteiger partial charge in [-0.3, -0.25) is 4.79 Å². The number of hydrogen-bond donors (Lipinski definition) is 0. The number of fused-ring (bicyclic) bond motifs is 1. The Morgan fingerprint density at radius 2 is 1.72 bits per heavy atom. The Labute approximate surface area is 155 Å². The summed E-state index contributed by atoms with van der Waals surface area (Å²) in [6.45, 7) is 8.84. The molecule has 0 fully saturated rings. The molecule has 132 valence electrons. The molecule has 1 aliphatic heterocycles. The molecule has 2 aromatic carbocycles. The molecule has 0 N–H and O–H groups in total. The first-order valence-corrected chi connectivity index (χ1v) is 9.93. The average molecular weight is 355 g/mol. The molecule has 0 bridgehead atoms. The number of likely N-dealkylation sites (N-methyl/N-ethyl adjacent to an activating group) is 1. The van der Waals surface area contributed by atoms with E-state index < -0.39 is 0 Å². The van der Waals surface area contributed by atoms with Gasteiger partial charge in [-0.05, 0) is 30.8 Å². The third-order valence-corrected chi connectivity index (χ3v) is 6.13. The lowest BCUT2D eigenvalue weighted by Gasteiger charge is -2.27. The van der Waals surface area contributed by atoms with Crippen LogP contribution in [-0.2, 0) is 0 Å². The van der Waals surface area contributed by atoms with E-state index in [0.717, 1.165) is 43.2 Å². The van der Waals surface area contributed by atoms with Crippen LogP contribution in [0.25, 0.3) is 0 Å². The summed E-state index contributed by atoms with van der Waals surface area (Å²) in [5.41, 5.74) is 2.12. The van der Waals surface area contributed by atoms with Crippen molar-refractivity contribution in [1.82, 2.24) is 9.80 Å². The van der Waals surface area contributed by atoms with Crippen molar-refractivity contribution in [2.24, 2.45) is 0 Å². The molecular weight excluding hydrogens is 328 g/mol. The molecule has 0 spiro atoms. The maximum Gasteiger partial charge on any atom is 0.255 e. The highest BCUT2D eigenvalue weighted by Crippen LogP contribution is 2.40. The van der Waals surface area contributed by atoms with Crippen molar-refractivity contribution in [2.45, 2.75) is 24.0 Å². The van der Waals surface area contributed by atoms with E-state index in [-0.39, 0.29) is 11.2 Å². The van der Waals surface area contributed by atoms with E-state index in [1.54, 1.807) is 0 Å². The van der Waals surface area contributed by atoms with Crippen molar-refractivity contribution in [3.05, 3.63) is 65.7 Å². The number of rotatable bonds is 6. The van der Waals surface area contributed by atoms with Gasteiger partial charge in [0.2, 0.25) is 0 Å². The van der Waals surface area contributed by atoms with E-state index >= 15 is 0 Å². The minimum Gasteiger partial charge on any atom is -0.336 e. The van der Waals surface area contributed by atoms with E-state index in [4.69, 9.17) is 0 Å². The van der Waals surface area contributed by atoms with E-state index in [1.807, 2.05) is 40.9 Å². The SMILES string of the molecule is CCN(CC)CCN1C[C@H](c2ccccc2)Sc2ccccc2C1=O. The van der Waals surface area contributed by atoms with Crippen LogP contribution in [-0.4, -0.2) is 48.4 Å². The van der Waals surface area contributed by atoms with Crippen molar-refractivity contribution >= 4 is 17.7 Å². The molecule has 1 aliphatic rings. The average Bonchev–Trinajstić information content (AvgIpc) is 2.81. The van der Waals surface area contributed by atoms with Crippen molar-refractivity contribution < 1.29 is 4.79 Å².